The first kappa shape index (κ1) is 27.2. The highest BCUT2D eigenvalue weighted by molar-refractivity contribution is 14.0. The van der Waals surface area contributed by atoms with Crippen LogP contribution in [0.4, 0.5) is 0 Å². The van der Waals surface area contributed by atoms with Crippen LogP contribution in [0, 0.1) is 0 Å². The van der Waals surface area contributed by atoms with E-state index in [-0.39, 0.29) is 30.1 Å². The summed E-state index contributed by atoms with van der Waals surface area (Å²) >= 11 is 0. The molecule has 0 amide bonds. The Hall–Kier alpha value is -2.04. The highest BCUT2D eigenvalue weighted by Gasteiger charge is 2.14. The molecule has 1 aliphatic rings. The standard InChI is InChI=1S/C25H35N3O4.HI/c1-19(32-24-10-5-4-9-23(24)29-3)16-27-25(26-2)28-17-20-7-6-8-21(15-20)18-31-22-11-13-30-14-12-22;/h4-10,15,19,22H,11-14,16-18H2,1-3H3,(H2,26,27,28);1H. The topological polar surface area (TPSA) is 73.3 Å². The summed E-state index contributed by atoms with van der Waals surface area (Å²) in [5.41, 5.74) is 2.36. The molecule has 1 fully saturated rings. The molecule has 0 aromatic heterocycles. The van der Waals surface area contributed by atoms with Gasteiger partial charge < -0.3 is 29.6 Å². The van der Waals surface area contributed by atoms with Crippen molar-refractivity contribution >= 4 is 29.9 Å². The van der Waals surface area contributed by atoms with E-state index in [4.69, 9.17) is 18.9 Å². The van der Waals surface area contributed by atoms with Crippen LogP contribution in [0.15, 0.2) is 53.5 Å². The fraction of sp³-hybridized carbons (Fsp3) is 0.480. The van der Waals surface area contributed by atoms with Gasteiger partial charge in [-0.2, -0.15) is 0 Å². The van der Waals surface area contributed by atoms with Crippen molar-refractivity contribution in [2.24, 2.45) is 4.99 Å². The Balaban J connectivity index is 0.00000385. The van der Waals surface area contributed by atoms with Gasteiger partial charge in [0.15, 0.2) is 17.5 Å². The lowest BCUT2D eigenvalue weighted by atomic mass is 10.1. The van der Waals surface area contributed by atoms with Crippen molar-refractivity contribution in [2.45, 2.75) is 45.1 Å². The van der Waals surface area contributed by atoms with Crippen LogP contribution in [-0.2, 0) is 22.6 Å². The van der Waals surface area contributed by atoms with Gasteiger partial charge in [0.2, 0.25) is 0 Å². The molecule has 2 aromatic rings. The number of hydrogen-bond donors (Lipinski definition) is 2. The number of guanidine groups is 1. The van der Waals surface area contributed by atoms with Gasteiger partial charge in [-0.25, -0.2) is 0 Å². The molecular formula is C25H36IN3O4. The molecule has 0 spiro atoms. The molecule has 2 N–H and O–H groups in total. The number of halogens is 1. The summed E-state index contributed by atoms with van der Waals surface area (Å²) in [5.74, 6) is 2.18. The summed E-state index contributed by atoms with van der Waals surface area (Å²) in [6, 6.07) is 16.1. The molecule has 182 valence electrons. The lowest BCUT2D eigenvalue weighted by Crippen LogP contribution is -2.41. The van der Waals surface area contributed by atoms with Crippen molar-refractivity contribution in [1.29, 1.82) is 0 Å². The van der Waals surface area contributed by atoms with E-state index < -0.39 is 0 Å². The minimum Gasteiger partial charge on any atom is -0.493 e. The maximum atomic E-state index is 6.04. The Morgan fingerprint density at radius 2 is 1.79 bits per heavy atom. The molecular weight excluding hydrogens is 533 g/mol. The Kier molecular flexibility index (Phi) is 12.3. The highest BCUT2D eigenvalue weighted by Crippen LogP contribution is 2.26. The molecule has 1 aliphatic heterocycles. The Morgan fingerprint density at radius 1 is 1.06 bits per heavy atom. The van der Waals surface area contributed by atoms with Crippen LogP contribution in [0.1, 0.15) is 30.9 Å². The number of methoxy groups -OCH3 is 1. The quantitative estimate of drug-likeness (QED) is 0.255. The molecule has 7 nitrogen and oxygen atoms in total. The van der Waals surface area contributed by atoms with Crippen molar-refractivity contribution in [2.75, 3.05) is 33.9 Å². The van der Waals surface area contributed by atoms with Crippen LogP contribution in [-0.4, -0.2) is 52.1 Å². The molecule has 3 rings (SSSR count). The van der Waals surface area contributed by atoms with Crippen LogP contribution >= 0.6 is 24.0 Å². The van der Waals surface area contributed by atoms with Crippen molar-refractivity contribution in [3.63, 3.8) is 0 Å². The number of ether oxygens (including phenoxy) is 4. The van der Waals surface area contributed by atoms with Crippen LogP contribution in [0.25, 0.3) is 0 Å². The van der Waals surface area contributed by atoms with Gasteiger partial charge in [-0.1, -0.05) is 36.4 Å². The first-order chi connectivity index (χ1) is 15.7. The second-order valence-electron chi connectivity index (χ2n) is 7.83. The fourth-order valence-electron chi connectivity index (χ4n) is 3.51. The molecule has 1 unspecified atom stereocenters. The summed E-state index contributed by atoms with van der Waals surface area (Å²) in [7, 11) is 3.40. The van der Waals surface area contributed by atoms with Crippen LogP contribution in [0.5, 0.6) is 11.5 Å². The number of nitrogens with zero attached hydrogens (tertiary/aromatic N) is 1. The van der Waals surface area contributed by atoms with Gasteiger partial charge in [-0.3, -0.25) is 4.99 Å². The normalized spacial score (nSPS) is 15.3. The zero-order valence-corrected chi connectivity index (χ0v) is 22.0. The minimum atomic E-state index is -0.0597. The number of nitrogens with one attached hydrogen (secondary N) is 2. The molecule has 0 bridgehead atoms. The second kappa shape index (κ2) is 15.0. The molecule has 1 heterocycles. The summed E-state index contributed by atoms with van der Waals surface area (Å²) in [6.07, 6.45) is 2.19. The fourth-order valence-corrected chi connectivity index (χ4v) is 3.51. The summed E-state index contributed by atoms with van der Waals surface area (Å²) < 4.78 is 22.8. The van der Waals surface area contributed by atoms with Gasteiger partial charge in [0, 0.05) is 26.8 Å². The van der Waals surface area contributed by atoms with Crippen molar-refractivity contribution in [1.82, 2.24) is 10.6 Å². The van der Waals surface area contributed by atoms with E-state index in [2.05, 4.69) is 39.9 Å². The van der Waals surface area contributed by atoms with E-state index in [1.54, 1.807) is 14.2 Å². The monoisotopic (exact) mass is 569 g/mol. The van der Waals surface area contributed by atoms with Gasteiger partial charge in [0.1, 0.15) is 6.10 Å². The summed E-state index contributed by atoms with van der Waals surface area (Å²) in [6.45, 7) is 5.51. The maximum absolute atomic E-state index is 6.04. The first-order valence-electron chi connectivity index (χ1n) is 11.2. The third-order valence-corrected chi connectivity index (χ3v) is 5.28. The lowest BCUT2D eigenvalue weighted by Gasteiger charge is -2.22. The number of para-hydroxylation sites is 2. The molecule has 0 saturated carbocycles. The van der Waals surface area contributed by atoms with E-state index in [0.29, 0.717) is 25.8 Å². The van der Waals surface area contributed by atoms with Gasteiger partial charge in [0.05, 0.1) is 26.4 Å². The van der Waals surface area contributed by atoms with E-state index >= 15 is 0 Å². The molecule has 1 saturated heterocycles. The summed E-state index contributed by atoms with van der Waals surface area (Å²) in [4.78, 5) is 4.31. The Morgan fingerprint density at radius 3 is 2.52 bits per heavy atom. The number of hydrogen-bond acceptors (Lipinski definition) is 5. The van der Waals surface area contributed by atoms with E-state index in [9.17, 15) is 0 Å². The third kappa shape index (κ3) is 9.38. The average Bonchev–Trinajstić information content (AvgIpc) is 2.84. The van der Waals surface area contributed by atoms with E-state index in [1.165, 1.54) is 11.1 Å². The van der Waals surface area contributed by atoms with E-state index in [1.807, 2.05) is 31.2 Å². The molecule has 1 atom stereocenters. The van der Waals surface area contributed by atoms with Crippen molar-refractivity contribution < 1.29 is 18.9 Å². The number of aliphatic imine (C=N–C) groups is 1. The van der Waals surface area contributed by atoms with Crippen molar-refractivity contribution in [3.8, 4) is 11.5 Å². The predicted molar refractivity (Wildman–Crippen MR) is 142 cm³/mol. The van der Waals surface area contributed by atoms with Crippen LogP contribution < -0.4 is 20.1 Å². The molecule has 0 radical (unpaired) electrons. The average molecular weight is 569 g/mol. The predicted octanol–water partition coefficient (Wildman–Crippen LogP) is 4.14. The van der Waals surface area contributed by atoms with Gasteiger partial charge in [0.25, 0.3) is 0 Å². The SMILES string of the molecule is CN=C(NCc1cccc(COC2CCOCC2)c1)NCC(C)Oc1ccccc1OC.I. The molecule has 2 aromatic carbocycles. The summed E-state index contributed by atoms with van der Waals surface area (Å²) in [5, 5.41) is 6.68. The van der Waals surface area contributed by atoms with Gasteiger partial charge in [-0.05, 0) is 43.0 Å². The molecule has 0 aliphatic carbocycles. The van der Waals surface area contributed by atoms with Crippen LogP contribution in [0.3, 0.4) is 0 Å². The minimum absolute atomic E-state index is 0. The third-order valence-electron chi connectivity index (χ3n) is 5.28. The van der Waals surface area contributed by atoms with Gasteiger partial charge >= 0.3 is 0 Å². The number of benzene rings is 2. The Bertz CT molecular complexity index is 859. The highest BCUT2D eigenvalue weighted by atomic mass is 127. The lowest BCUT2D eigenvalue weighted by molar-refractivity contribution is -0.0390. The second-order valence-corrected chi connectivity index (χ2v) is 7.83. The zero-order valence-electron chi connectivity index (χ0n) is 19.7. The molecule has 33 heavy (non-hydrogen) atoms. The Labute approximate surface area is 214 Å². The van der Waals surface area contributed by atoms with E-state index in [0.717, 1.165) is 43.5 Å². The first-order valence-corrected chi connectivity index (χ1v) is 11.2. The number of rotatable bonds is 10. The van der Waals surface area contributed by atoms with Crippen molar-refractivity contribution in [3.05, 3.63) is 59.7 Å². The zero-order chi connectivity index (χ0) is 22.6. The largest absolute Gasteiger partial charge is 0.493 e. The van der Waals surface area contributed by atoms with Crippen LogP contribution in [0.2, 0.25) is 0 Å². The molecule has 8 heteroatoms. The smallest absolute Gasteiger partial charge is 0.191 e. The van der Waals surface area contributed by atoms with Gasteiger partial charge in [-0.15, -0.1) is 24.0 Å². The maximum Gasteiger partial charge on any atom is 0.191 e.